The fourth-order valence-corrected chi connectivity index (χ4v) is 3.81. The maximum Gasteiger partial charge on any atom is 0.339 e. The predicted molar refractivity (Wildman–Crippen MR) is 116 cm³/mol. The van der Waals surface area contributed by atoms with E-state index in [0.29, 0.717) is 33.1 Å². The van der Waals surface area contributed by atoms with Crippen LogP contribution < -0.4 is 9.47 Å². The number of ketones is 1. The summed E-state index contributed by atoms with van der Waals surface area (Å²) in [5, 5.41) is 9.29. The predicted octanol–water partition coefficient (Wildman–Crippen LogP) is 4.77. The minimum absolute atomic E-state index is 0.320. The van der Waals surface area contributed by atoms with Crippen LogP contribution in [0.4, 0.5) is 0 Å². The zero-order chi connectivity index (χ0) is 22.2. The van der Waals surface area contributed by atoms with Gasteiger partial charge >= 0.3 is 5.97 Å². The van der Waals surface area contributed by atoms with Gasteiger partial charge < -0.3 is 14.2 Å². The summed E-state index contributed by atoms with van der Waals surface area (Å²) in [6.07, 6.45) is 0. The molecule has 0 radical (unpaired) electrons. The van der Waals surface area contributed by atoms with Crippen LogP contribution in [0.2, 0.25) is 0 Å². The van der Waals surface area contributed by atoms with E-state index in [1.165, 1.54) is 32.0 Å². The van der Waals surface area contributed by atoms with E-state index in [-0.39, 0.29) is 5.78 Å². The molecule has 0 aromatic heterocycles. The second kappa shape index (κ2) is 10.3. The first-order valence-electron chi connectivity index (χ1n) is 9.25. The van der Waals surface area contributed by atoms with Crippen molar-refractivity contribution in [2.24, 2.45) is 0 Å². The van der Waals surface area contributed by atoms with Crippen molar-refractivity contribution in [1.29, 1.82) is 5.26 Å². The number of hydrogen-bond donors (Lipinski definition) is 0. The molecule has 0 fully saturated rings. The Balaban J connectivity index is 1.73. The van der Waals surface area contributed by atoms with Gasteiger partial charge in [-0.3, -0.25) is 4.79 Å². The molecule has 31 heavy (non-hydrogen) atoms. The first kappa shape index (κ1) is 21.9. The zero-order valence-electron chi connectivity index (χ0n) is 17.0. The topological polar surface area (TPSA) is 85.6 Å². The van der Waals surface area contributed by atoms with E-state index in [9.17, 15) is 14.9 Å². The minimum atomic E-state index is -0.619. The summed E-state index contributed by atoms with van der Waals surface area (Å²) in [5.41, 5.74) is 1.18. The van der Waals surface area contributed by atoms with Crippen LogP contribution in [0.25, 0.3) is 0 Å². The molecule has 0 atom stereocenters. The second-order valence-corrected chi connectivity index (χ2v) is 7.36. The average molecular weight is 433 g/mol. The fraction of sp³-hybridized carbons (Fsp3) is 0.125. The van der Waals surface area contributed by atoms with E-state index in [2.05, 4.69) is 6.07 Å². The summed E-state index contributed by atoms with van der Waals surface area (Å²) < 4.78 is 15.6. The molecule has 7 heteroatoms. The van der Waals surface area contributed by atoms with Crippen LogP contribution in [0.15, 0.2) is 76.5 Å². The van der Waals surface area contributed by atoms with Gasteiger partial charge in [0.15, 0.2) is 23.9 Å². The van der Waals surface area contributed by atoms with Gasteiger partial charge in [-0.2, -0.15) is 5.26 Å². The third kappa shape index (κ3) is 5.24. The summed E-state index contributed by atoms with van der Waals surface area (Å²) >= 11 is 1.29. The van der Waals surface area contributed by atoms with E-state index in [1.54, 1.807) is 48.5 Å². The van der Waals surface area contributed by atoms with E-state index in [4.69, 9.17) is 14.2 Å². The van der Waals surface area contributed by atoms with Crippen LogP contribution in [-0.2, 0) is 4.74 Å². The van der Waals surface area contributed by atoms with Gasteiger partial charge in [-0.15, -0.1) is 0 Å². The third-order valence-corrected chi connectivity index (χ3v) is 5.53. The lowest BCUT2D eigenvalue weighted by atomic mass is 10.1. The van der Waals surface area contributed by atoms with Crippen molar-refractivity contribution in [1.82, 2.24) is 0 Å². The molecular formula is C24H19NO5S. The largest absolute Gasteiger partial charge is 0.493 e. The Kier molecular flexibility index (Phi) is 7.31. The second-order valence-electron chi connectivity index (χ2n) is 6.28. The van der Waals surface area contributed by atoms with Gasteiger partial charge in [0.05, 0.1) is 25.3 Å². The molecule has 0 amide bonds. The molecule has 6 nitrogen and oxygen atoms in total. The van der Waals surface area contributed by atoms with E-state index >= 15 is 0 Å². The molecule has 156 valence electrons. The first-order valence-corrected chi connectivity index (χ1v) is 10.1. The van der Waals surface area contributed by atoms with Gasteiger partial charge in [-0.1, -0.05) is 36.0 Å². The molecule has 0 aliphatic carbocycles. The molecule has 0 saturated carbocycles. The monoisotopic (exact) mass is 433 g/mol. The van der Waals surface area contributed by atoms with Crippen LogP contribution in [0, 0.1) is 11.3 Å². The molecule has 0 bridgehead atoms. The lowest BCUT2D eigenvalue weighted by Crippen LogP contribution is -2.15. The highest BCUT2D eigenvalue weighted by Crippen LogP contribution is 2.33. The van der Waals surface area contributed by atoms with Gasteiger partial charge in [0.2, 0.25) is 0 Å². The number of methoxy groups -OCH3 is 2. The highest BCUT2D eigenvalue weighted by molar-refractivity contribution is 7.99. The van der Waals surface area contributed by atoms with Crippen molar-refractivity contribution >= 4 is 23.5 Å². The van der Waals surface area contributed by atoms with Crippen LogP contribution in [0.1, 0.15) is 26.3 Å². The summed E-state index contributed by atoms with van der Waals surface area (Å²) in [4.78, 5) is 26.5. The Morgan fingerprint density at radius 2 is 1.58 bits per heavy atom. The number of rotatable bonds is 8. The molecule has 0 aliphatic heterocycles. The number of carbonyl (C=O) groups is 2. The Morgan fingerprint density at radius 1 is 0.903 bits per heavy atom. The highest BCUT2D eigenvalue weighted by atomic mass is 32.2. The van der Waals surface area contributed by atoms with Crippen molar-refractivity contribution in [3.05, 3.63) is 83.4 Å². The fourth-order valence-electron chi connectivity index (χ4n) is 2.79. The molecule has 0 aliphatic rings. The number of ether oxygens (including phenoxy) is 3. The molecular weight excluding hydrogens is 414 g/mol. The maximum absolute atomic E-state index is 12.7. The van der Waals surface area contributed by atoms with E-state index in [1.807, 2.05) is 12.1 Å². The third-order valence-electron chi connectivity index (χ3n) is 4.37. The van der Waals surface area contributed by atoms with Crippen LogP contribution >= 0.6 is 11.8 Å². The minimum Gasteiger partial charge on any atom is -0.493 e. The smallest absolute Gasteiger partial charge is 0.339 e. The van der Waals surface area contributed by atoms with Crippen molar-refractivity contribution in [2.75, 3.05) is 20.8 Å². The molecule has 0 heterocycles. The Hall–Kier alpha value is -3.76. The van der Waals surface area contributed by atoms with Crippen LogP contribution in [-0.4, -0.2) is 32.6 Å². The maximum atomic E-state index is 12.7. The van der Waals surface area contributed by atoms with Gasteiger partial charge in [0, 0.05) is 15.4 Å². The lowest BCUT2D eigenvalue weighted by Gasteiger charge is -2.11. The zero-order valence-corrected chi connectivity index (χ0v) is 17.8. The standard InChI is InChI=1S/C24H19NO5S/c1-28-20-12-11-16(13-21(20)29-2)19(26)15-30-24(27)18-8-4-6-10-23(18)31-22-9-5-3-7-17(22)14-25/h3-13H,15H2,1-2H3. The molecule has 0 N–H and O–H groups in total. The Labute approximate surface area is 184 Å². The van der Waals surface area contributed by atoms with E-state index in [0.717, 1.165) is 4.90 Å². The summed E-state index contributed by atoms with van der Waals surface area (Å²) in [7, 11) is 2.98. The highest BCUT2D eigenvalue weighted by Gasteiger charge is 2.17. The molecule has 3 rings (SSSR count). The SMILES string of the molecule is COc1ccc(C(=O)COC(=O)c2ccccc2Sc2ccccc2C#N)cc1OC. The van der Waals surface area contributed by atoms with Gasteiger partial charge in [0.25, 0.3) is 0 Å². The molecule has 0 spiro atoms. The summed E-state index contributed by atoms with van der Waals surface area (Å²) in [6.45, 7) is -0.415. The van der Waals surface area contributed by atoms with Gasteiger partial charge in [0.1, 0.15) is 6.07 Å². The Morgan fingerprint density at radius 3 is 2.29 bits per heavy atom. The van der Waals surface area contributed by atoms with Crippen molar-refractivity contribution in [3.63, 3.8) is 0 Å². The number of benzene rings is 3. The van der Waals surface area contributed by atoms with Gasteiger partial charge in [-0.05, 0) is 42.5 Å². The van der Waals surface area contributed by atoms with E-state index < -0.39 is 12.6 Å². The van der Waals surface area contributed by atoms with Crippen molar-refractivity contribution < 1.29 is 23.8 Å². The summed E-state index contributed by atoms with van der Waals surface area (Å²) in [5.74, 6) is -0.0714. The number of esters is 1. The van der Waals surface area contributed by atoms with Crippen LogP contribution in [0.5, 0.6) is 11.5 Å². The van der Waals surface area contributed by atoms with Crippen LogP contribution in [0.3, 0.4) is 0 Å². The number of carbonyl (C=O) groups excluding carboxylic acids is 2. The summed E-state index contributed by atoms with van der Waals surface area (Å²) in [6, 6.07) is 20.9. The number of Topliss-reactive ketones (excluding diaryl/α,β-unsaturated/α-hetero) is 1. The average Bonchev–Trinajstić information content (AvgIpc) is 2.82. The van der Waals surface area contributed by atoms with Crippen molar-refractivity contribution in [2.45, 2.75) is 9.79 Å². The number of nitrogens with zero attached hydrogens (tertiary/aromatic N) is 1. The first-order chi connectivity index (χ1) is 15.1. The number of hydrogen-bond acceptors (Lipinski definition) is 7. The quantitative estimate of drug-likeness (QED) is 0.374. The van der Waals surface area contributed by atoms with Gasteiger partial charge in [-0.25, -0.2) is 4.79 Å². The normalized spacial score (nSPS) is 10.1. The molecule has 3 aromatic carbocycles. The molecule has 0 unspecified atom stereocenters. The molecule has 0 saturated heterocycles. The Bertz CT molecular complexity index is 1150. The number of nitriles is 1. The van der Waals surface area contributed by atoms with Crippen molar-refractivity contribution in [3.8, 4) is 17.6 Å². The lowest BCUT2D eigenvalue weighted by molar-refractivity contribution is 0.0471. The molecule has 3 aromatic rings.